The van der Waals surface area contributed by atoms with Crippen LogP contribution in [0.1, 0.15) is 26.7 Å². The molecular weight excluding hydrogens is 330 g/mol. The molecule has 0 radical (unpaired) electrons. The summed E-state index contributed by atoms with van der Waals surface area (Å²) in [7, 11) is 1.57. The molecule has 24 heavy (non-hydrogen) atoms. The largest absolute Gasteiger partial charge is 0.383 e. The Balaban J connectivity index is 2.44. The molecule has 1 fully saturated rings. The van der Waals surface area contributed by atoms with E-state index in [-0.39, 0.29) is 17.4 Å². The van der Waals surface area contributed by atoms with Crippen LogP contribution in [-0.4, -0.2) is 41.0 Å². The predicted molar refractivity (Wildman–Crippen MR) is 98.6 cm³/mol. The van der Waals surface area contributed by atoms with Gasteiger partial charge in [-0.3, -0.25) is 14.3 Å². The Bertz CT molecular complexity index is 708. The van der Waals surface area contributed by atoms with Gasteiger partial charge in [-0.2, -0.15) is 0 Å². The molecule has 8 nitrogen and oxygen atoms in total. The quantitative estimate of drug-likeness (QED) is 0.603. The molecule has 0 amide bonds. The Kier molecular flexibility index (Phi) is 6.00. The van der Waals surface area contributed by atoms with Crippen molar-refractivity contribution in [3.63, 3.8) is 0 Å². The smallest absolute Gasteiger partial charge is 0.330 e. The minimum atomic E-state index is -0.548. The summed E-state index contributed by atoms with van der Waals surface area (Å²) in [6.07, 6.45) is 2.11. The fourth-order valence-electron chi connectivity index (χ4n) is 2.36. The highest BCUT2D eigenvalue weighted by atomic mass is 32.1. The third-order valence-corrected chi connectivity index (χ3v) is 4.04. The molecule has 1 aromatic rings. The summed E-state index contributed by atoms with van der Waals surface area (Å²) in [5, 5.41) is 3.61. The van der Waals surface area contributed by atoms with Crippen LogP contribution >= 0.6 is 12.2 Å². The van der Waals surface area contributed by atoms with Gasteiger partial charge in [-0.1, -0.05) is 13.8 Å². The molecule has 0 saturated heterocycles. The van der Waals surface area contributed by atoms with Crippen LogP contribution in [0.4, 0.5) is 11.5 Å². The highest BCUT2D eigenvalue weighted by Gasteiger charge is 2.27. The van der Waals surface area contributed by atoms with Crippen molar-refractivity contribution in [2.24, 2.45) is 5.92 Å². The van der Waals surface area contributed by atoms with Gasteiger partial charge in [0.1, 0.15) is 5.82 Å². The zero-order valence-corrected chi connectivity index (χ0v) is 15.1. The number of nitrogens with two attached hydrogens (primary N) is 1. The van der Waals surface area contributed by atoms with E-state index in [2.05, 4.69) is 10.3 Å². The Morgan fingerprint density at radius 1 is 1.50 bits per heavy atom. The third-order valence-electron chi connectivity index (χ3n) is 3.70. The first-order valence-electron chi connectivity index (χ1n) is 8.04. The maximum Gasteiger partial charge on any atom is 0.330 e. The van der Waals surface area contributed by atoms with E-state index in [1.165, 1.54) is 4.57 Å². The molecule has 0 unspecified atom stereocenters. The summed E-state index contributed by atoms with van der Waals surface area (Å²) in [5.41, 5.74) is 5.29. The van der Waals surface area contributed by atoms with Gasteiger partial charge in [0.05, 0.1) is 6.61 Å². The van der Waals surface area contributed by atoms with Crippen molar-refractivity contribution < 1.29 is 4.74 Å². The van der Waals surface area contributed by atoms with Gasteiger partial charge in [0.25, 0.3) is 5.56 Å². The van der Waals surface area contributed by atoms with Gasteiger partial charge in [0, 0.05) is 26.2 Å². The van der Waals surface area contributed by atoms with Gasteiger partial charge >= 0.3 is 5.69 Å². The second-order valence-electron chi connectivity index (χ2n) is 6.37. The van der Waals surface area contributed by atoms with E-state index in [9.17, 15) is 9.59 Å². The van der Waals surface area contributed by atoms with Crippen molar-refractivity contribution in [1.29, 1.82) is 0 Å². The van der Waals surface area contributed by atoms with Crippen LogP contribution in [0.3, 0.4) is 0 Å². The first kappa shape index (κ1) is 18.5. The molecule has 1 saturated carbocycles. The lowest BCUT2D eigenvalue weighted by Crippen LogP contribution is -2.47. The summed E-state index contributed by atoms with van der Waals surface area (Å²) in [4.78, 5) is 28.4. The van der Waals surface area contributed by atoms with Crippen LogP contribution in [0.25, 0.3) is 0 Å². The lowest BCUT2D eigenvalue weighted by molar-refractivity contribution is 0.207. The van der Waals surface area contributed by atoms with Crippen molar-refractivity contribution >= 4 is 28.8 Å². The molecular formula is C15H25N5O3S. The number of aromatic amines is 1. The molecule has 4 N–H and O–H groups in total. The van der Waals surface area contributed by atoms with Crippen molar-refractivity contribution in [2.75, 3.05) is 30.9 Å². The number of ether oxygens (including phenoxy) is 1. The van der Waals surface area contributed by atoms with Crippen molar-refractivity contribution in [3.05, 3.63) is 20.8 Å². The average molecular weight is 355 g/mol. The van der Waals surface area contributed by atoms with Gasteiger partial charge in [0.15, 0.2) is 10.8 Å². The van der Waals surface area contributed by atoms with Crippen molar-refractivity contribution in [2.45, 2.75) is 39.3 Å². The maximum absolute atomic E-state index is 12.4. The number of hydrogen-bond acceptors (Lipinski definition) is 5. The number of thiocarbonyl (C=S) groups is 1. The van der Waals surface area contributed by atoms with Gasteiger partial charge in [-0.15, -0.1) is 0 Å². The zero-order valence-electron chi connectivity index (χ0n) is 14.3. The Hall–Kier alpha value is -1.87. The SMILES string of the molecule is COCCN(C(=S)NC1CC1)c1c(N)n(CC(C)C)c(=O)[nH]c1=O. The molecule has 0 atom stereocenters. The van der Waals surface area contributed by atoms with Gasteiger partial charge < -0.3 is 20.7 Å². The lowest BCUT2D eigenvalue weighted by atomic mass is 10.2. The van der Waals surface area contributed by atoms with Crippen molar-refractivity contribution in [3.8, 4) is 0 Å². The third kappa shape index (κ3) is 4.35. The van der Waals surface area contributed by atoms with E-state index >= 15 is 0 Å². The van der Waals surface area contributed by atoms with E-state index in [0.717, 1.165) is 12.8 Å². The summed E-state index contributed by atoms with van der Waals surface area (Å²) >= 11 is 5.43. The van der Waals surface area contributed by atoms with Gasteiger partial charge in [-0.05, 0) is 31.0 Å². The number of H-pyrrole nitrogens is 1. The molecule has 1 aliphatic carbocycles. The number of anilines is 2. The molecule has 0 aromatic carbocycles. The van der Waals surface area contributed by atoms with E-state index in [1.54, 1.807) is 12.0 Å². The Morgan fingerprint density at radius 2 is 2.17 bits per heavy atom. The molecule has 0 aliphatic heterocycles. The second kappa shape index (κ2) is 7.80. The number of methoxy groups -OCH3 is 1. The Labute approximate surface area is 146 Å². The van der Waals surface area contributed by atoms with Gasteiger partial charge in [0.2, 0.25) is 0 Å². The normalized spacial score (nSPS) is 14.0. The van der Waals surface area contributed by atoms with E-state index < -0.39 is 11.2 Å². The van der Waals surface area contributed by atoms with Crippen LogP contribution in [0.5, 0.6) is 0 Å². The highest BCUT2D eigenvalue weighted by Crippen LogP contribution is 2.22. The molecule has 9 heteroatoms. The average Bonchev–Trinajstić information content (AvgIpc) is 3.30. The number of nitrogens with one attached hydrogen (secondary N) is 2. The fourth-order valence-corrected chi connectivity index (χ4v) is 2.71. The van der Waals surface area contributed by atoms with Crippen LogP contribution in [0.2, 0.25) is 0 Å². The molecule has 1 heterocycles. The number of nitrogen functional groups attached to an aromatic ring is 1. The van der Waals surface area contributed by atoms with Crippen molar-refractivity contribution in [1.82, 2.24) is 14.9 Å². The van der Waals surface area contributed by atoms with Crippen LogP contribution < -0.4 is 27.2 Å². The number of hydrogen-bond donors (Lipinski definition) is 3. The number of nitrogens with zero attached hydrogens (tertiary/aromatic N) is 2. The van der Waals surface area contributed by atoms with Crippen LogP contribution in [0, 0.1) is 5.92 Å². The molecule has 2 rings (SSSR count). The molecule has 134 valence electrons. The lowest BCUT2D eigenvalue weighted by Gasteiger charge is -2.27. The summed E-state index contributed by atoms with van der Waals surface area (Å²) < 4.78 is 6.49. The van der Waals surface area contributed by atoms with E-state index in [0.29, 0.717) is 30.9 Å². The second-order valence-corrected chi connectivity index (χ2v) is 6.75. The zero-order chi connectivity index (χ0) is 17.9. The summed E-state index contributed by atoms with van der Waals surface area (Å²) in [5.74, 6) is 0.321. The standard InChI is InChI=1S/C15H25N5O3S/c1-9(2)8-20-12(16)11(13(21)18-14(20)22)19(6-7-23-3)15(24)17-10-4-5-10/h9-10H,4-8,16H2,1-3H3,(H,17,24)(H,18,21,22). The van der Waals surface area contributed by atoms with E-state index in [1.807, 2.05) is 13.8 Å². The minimum absolute atomic E-state index is 0.119. The molecule has 1 aliphatic rings. The summed E-state index contributed by atoms with van der Waals surface area (Å²) in [6.45, 7) is 5.09. The first-order chi connectivity index (χ1) is 11.3. The topological polar surface area (TPSA) is 105 Å². The van der Waals surface area contributed by atoms with Crippen LogP contribution in [-0.2, 0) is 11.3 Å². The molecule has 0 bridgehead atoms. The monoisotopic (exact) mass is 355 g/mol. The number of rotatable bonds is 7. The Morgan fingerprint density at radius 3 is 2.71 bits per heavy atom. The highest BCUT2D eigenvalue weighted by molar-refractivity contribution is 7.80. The minimum Gasteiger partial charge on any atom is -0.383 e. The molecule has 1 aromatic heterocycles. The van der Waals surface area contributed by atoms with Gasteiger partial charge in [-0.25, -0.2) is 4.79 Å². The van der Waals surface area contributed by atoms with Crippen LogP contribution in [0.15, 0.2) is 9.59 Å². The predicted octanol–water partition coefficient (Wildman–Crippen LogP) is 0.265. The van der Waals surface area contributed by atoms with E-state index in [4.69, 9.17) is 22.7 Å². The summed E-state index contributed by atoms with van der Waals surface area (Å²) in [6, 6.07) is 0.337. The number of aromatic nitrogens is 2. The molecule has 0 spiro atoms. The maximum atomic E-state index is 12.4. The first-order valence-corrected chi connectivity index (χ1v) is 8.45. The fraction of sp³-hybridized carbons (Fsp3) is 0.667.